The van der Waals surface area contributed by atoms with Gasteiger partial charge in [0.15, 0.2) is 0 Å². The highest BCUT2D eigenvalue weighted by atomic mass is 19.1. The summed E-state index contributed by atoms with van der Waals surface area (Å²) in [5, 5.41) is 21.1. The lowest BCUT2D eigenvalue weighted by molar-refractivity contribution is -0.121. The van der Waals surface area contributed by atoms with Gasteiger partial charge in [-0.15, -0.1) is 5.10 Å². The number of carbonyl (C=O) groups is 2. The van der Waals surface area contributed by atoms with Gasteiger partial charge in [-0.3, -0.25) is 14.7 Å². The van der Waals surface area contributed by atoms with Crippen LogP contribution >= 0.6 is 0 Å². The third kappa shape index (κ3) is 6.39. The smallest absolute Gasteiger partial charge is 0.271 e. The average Bonchev–Trinajstić information content (AvgIpc) is 3.64. The molecule has 0 aromatic carbocycles. The molecule has 2 aliphatic carbocycles. The lowest BCUT2D eigenvalue weighted by Gasteiger charge is -2.41. The Balaban J connectivity index is 1.46. The van der Waals surface area contributed by atoms with Gasteiger partial charge in [-0.25, -0.2) is 9.67 Å². The van der Waals surface area contributed by atoms with Crippen molar-refractivity contribution in [2.24, 2.45) is 17.8 Å². The van der Waals surface area contributed by atoms with Gasteiger partial charge in [0.05, 0.1) is 11.9 Å². The Kier molecular flexibility index (Phi) is 9.64. The second-order valence-electron chi connectivity index (χ2n) is 11.8. The van der Waals surface area contributed by atoms with Crippen molar-refractivity contribution in [3.63, 3.8) is 0 Å². The van der Waals surface area contributed by atoms with E-state index in [4.69, 9.17) is 0 Å². The first-order valence-electron chi connectivity index (χ1n) is 15.6. The van der Waals surface area contributed by atoms with Gasteiger partial charge in [0.1, 0.15) is 17.6 Å². The summed E-state index contributed by atoms with van der Waals surface area (Å²) in [5.41, 5.74) is 2.87. The number of anilines is 1. The second-order valence-corrected chi connectivity index (χ2v) is 11.8. The lowest BCUT2D eigenvalue weighted by Crippen LogP contribution is -2.53. The van der Waals surface area contributed by atoms with E-state index in [1.807, 2.05) is 20.8 Å². The van der Waals surface area contributed by atoms with Gasteiger partial charge in [0.25, 0.3) is 5.91 Å². The third-order valence-electron chi connectivity index (χ3n) is 9.22. The van der Waals surface area contributed by atoms with Crippen molar-refractivity contribution in [1.82, 2.24) is 35.5 Å². The molecule has 0 bridgehead atoms. The minimum absolute atomic E-state index is 0.0229. The summed E-state index contributed by atoms with van der Waals surface area (Å²) in [6.07, 6.45) is 13.2. The Morgan fingerprint density at radius 3 is 2.31 bits per heavy atom. The fourth-order valence-electron chi connectivity index (χ4n) is 7.17. The average molecular weight is 579 g/mol. The molecule has 3 aromatic rings. The summed E-state index contributed by atoms with van der Waals surface area (Å²) < 4.78 is 16.9. The van der Waals surface area contributed by atoms with Crippen molar-refractivity contribution >= 4 is 17.6 Å². The summed E-state index contributed by atoms with van der Waals surface area (Å²) in [6, 6.07) is 2.46. The van der Waals surface area contributed by atoms with Crippen LogP contribution in [-0.4, -0.2) is 48.0 Å². The summed E-state index contributed by atoms with van der Waals surface area (Å²) in [4.78, 5) is 31.8. The van der Waals surface area contributed by atoms with E-state index in [1.165, 1.54) is 23.7 Å². The molecule has 0 spiro atoms. The highest BCUT2D eigenvalue weighted by molar-refractivity contribution is 6.00. The molecule has 3 N–H and O–H groups in total. The normalized spacial score (nSPS) is 17.4. The van der Waals surface area contributed by atoms with E-state index in [0.717, 1.165) is 62.8 Å². The molecule has 5 rings (SSSR count). The third-order valence-corrected chi connectivity index (χ3v) is 9.22. The van der Waals surface area contributed by atoms with E-state index in [1.54, 1.807) is 12.1 Å². The first-order valence-corrected chi connectivity index (χ1v) is 15.6. The maximum Gasteiger partial charge on any atom is 0.271 e. The standard InChI is InChI=1S/C31H43FN8O2/c1-4-23-26(19(3)37-38-23)22-16-17-25(34-29(22)32)35-31(42)28(36-30(41)24-18-33-39-40(24)5-2)27(20-12-8-6-9-13-20)21-14-10-7-11-15-21/h16-18,20-21,27-28H,4-15H2,1-3H3,(H,36,41)(H,37,38)(H,34,35,42)/t28-/m0/s1. The Labute approximate surface area is 246 Å². The molecular weight excluding hydrogens is 535 g/mol. The number of aromatic nitrogens is 6. The molecule has 226 valence electrons. The van der Waals surface area contributed by atoms with Gasteiger partial charge in [-0.05, 0) is 50.2 Å². The van der Waals surface area contributed by atoms with E-state index in [0.29, 0.717) is 41.6 Å². The largest absolute Gasteiger partial charge is 0.339 e. The number of hydrogen-bond acceptors (Lipinski definition) is 6. The molecule has 3 aromatic heterocycles. The minimum atomic E-state index is -0.795. The van der Waals surface area contributed by atoms with Crippen LogP contribution in [0.4, 0.5) is 10.2 Å². The number of aryl methyl sites for hydroxylation is 3. The van der Waals surface area contributed by atoms with Crippen LogP contribution in [0.25, 0.3) is 11.1 Å². The number of amides is 2. The van der Waals surface area contributed by atoms with Gasteiger partial charge in [0.2, 0.25) is 11.9 Å². The van der Waals surface area contributed by atoms with Crippen molar-refractivity contribution in [1.29, 1.82) is 0 Å². The number of carbonyl (C=O) groups excluding carboxylic acids is 2. The van der Waals surface area contributed by atoms with Gasteiger partial charge >= 0.3 is 0 Å². The van der Waals surface area contributed by atoms with Crippen LogP contribution in [0.3, 0.4) is 0 Å². The molecule has 0 radical (unpaired) electrons. The highest BCUT2D eigenvalue weighted by Gasteiger charge is 2.41. The van der Waals surface area contributed by atoms with Crippen molar-refractivity contribution in [2.75, 3.05) is 5.32 Å². The van der Waals surface area contributed by atoms with E-state index >= 15 is 4.39 Å². The van der Waals surface area contributed by atoms with Crippen LogP contribution in [-0.2, 0) is 17.8 Å². The van der Waals surface area contributed by atoms with Crippen LogP contribution < -0.4 is 10.6 Å². The molecule has 0 aliphatic heterocycles. The number of nitrogens with one attached hydrogen (secondary N) is 3. The van der Waals surface area contributed by atoms with Crippen molar-refractivity contribution in [3.8, 4) is 11.1 Å². The number of rotatable bonds is 10. The SMILES string of the molecule is CCc1n[nH]c(C)c1-c1ccc(NC(=O)[C@@H](NC(=O)c2cnnn2CC)C(C2CCCCC2)C2CCCCC2)nc1F. The molecule has 3 heterocycles. The van der Waals surface area contributed by atoms with Gasteiger partial charge in [-0.1, -0.05) is 76.3 Å². The number of hydrogen-bond donors (Lipinski definition) is 3. The molecule has 2 amide bonds. The molecule has 1 atom stereocenters. The molecule has 2 aliphatic rings. The monoisotopic (exact) mass is 578 g/mol. The predicted octanol–water partition coefficient (Wildman–Crippen LogP) is 5.61. The summed E-state index contributed by atoms with van der Waals surface area (Å²) in [5.74, 6) is -0.673. The predicted molar refractivity (Wildman–Crippen MR) is 158 cm³/mol. The Morgan fingerprint density at radius 2 is 1.71 bits per heavy atom. The van der Waals surface area contributed by atoms with Gasteiger partial charge in [0, 0.05) is 23.4 Å². The number of H-pyrrole nitrogens is 1. The highest BCUT2D eigenvalue weighted by Crippen LogP contribution is 2.42. The first kappa shape index (κ1) is 29.8. The number of aromatic amines is 1. The van der Waals surface area contributed by atoms with Crippen LogP contribution in [0.5, 0.6) is 0 Å². The molecule has 42 heavy (non-hydrogen) atoms. The van der Waals surface area contributed by atoms with Crippen molar-refractivity contribution in [2.45, 2.75) is 104 Å². The Bertz CT molecular complexity index is 1350. The van der Waals surface area contributed by atoms with Crippen molar-refractivity contribution in [3.05, 3.63) is 41.4 Å². The van der Waals surface area contributed by atoms with Crippen molar-refractivity contribution < 1.29 is 14.0 Å². The maximum atomic E-state index is 15.4. The van der Waals surface area contributed by atoms with Gasteiger partial charge < -0.3 is 10.6 Å². The van der Waals surface area contributed by atoms with E-state index < -0.39 is 12.0 Å². The summed E-state index contributed by atoms with van der Waals surface area (Å²) in [7, 11) is 0. The summed E-state index contributed by atoms with van der Waals surface area (Å²) >= 11 is 0. The van der Waals surface area contributed by atoms with Gasteiger partial charge in [-0.2, -0.15) is 9.49 Å². The molecule has 0 unspecified atom stereocenters. The van der Waals surface area contributed by atoms with E-state index in [9.17, 15) is 9.59 Å². The van der Waals surface area contributed by atoms with Crippen LogP contribution in [0.2, 0.25) is 0 Å². The minimum Gasteiger partial charge on any atom is -0.339 e. The molecule has 2 fully saturated rings. The molecular formula is C31H43FN8O2. The fourth-order valence-corrected chi connectivity index (χ4v) is 7.17. The van der Waals surface area contributed by atoms with Crippen LogP contribution in [0.15, 0.2) is 18.3 Å². The topological polar surface area (TPSA) is 130 Å². The van der Waals surface area contributed by atoms with Crippen LogP contribution in [0.1, 0.15) is 99.9 Å². The fraction of sp³-hybridized carbons (Fsp3) is 0.613. The number of halogens is 1. The molecule has 10 nitrogen and oxygen atoms in total. The quantitative estimate of drug-likeness (QED) is 0.268. The Hall–Kier alpha value is -3.63. The molecule has 11 heteroatoms. The van der Waals surface area contributed by atoms with Crippen LogP contribution in [0, 0.1) is 30.6 Å². The lowest BCUT2D eigenvalue weighted by atomic mass is 9.66. The zero-order chi connectivity index (χ0) is 29.6. The maximum absolute atomic E-state index is 15.4. The van der Waals surface area contributed by atoms with E-state index in [-0.39, 0.29) is 23.6 Å². The number of nitrogens with zero attached hydrogens (tertiary/aromatic N) is 5. The second kappa shape index (κ2) is 13.6. The van der Waals surface area contributed by atoms with E-state index in [2.05, 4.69) is 36.1 Å². The molecule has 0 saturated heterocycles. The molecule has 2 saturated carbocycles. The number of pyridine rings is 1. The zero-order valence-electron chi connectivity index (χ0n) is 25.0. The summed E-state index contributed by atoms with van der Waals surface area (Å²) in [6.45, 7) is 6.19. The zero-order valence-corrected chi connectivity index (χ0v) is 25.0. The first-order chi connectivity index (χ1) is 20.4. The Morgan fingerprint density at radius 1 is 1.05 bits per heavy atom.